The topological polar surface area (TPSA) is 29.5 Å². The highest BCUT2D eigenvalue weighted by Crippen LogP contribution is 2.13. The maximum absolute atomic E-state index is 10.0. The summed E-state index contributed by atoms with van der Waals surface area (Å²) in [5.74, 6) is 5.89. The third-order valence-electron chi connectivity index (χ3n) is 2.96. The van der Waals surface area contributed by atoms with Gasteiger partial charge >= 0.3 is 0 Å². The molecule has 18 heavy (non-hydrogen) atoms. The summed E-state index contributed by atoms with van der Waals surface area (Å²) in [7, 11) is 0. The van der Waals surface area contributed by atoms with Crippen LogP contribution in [0, 0.1) is 23.7 Å². The van der Waals surface area contributed by atoms with Gasteiger partial charge in [-0.25, -0.2) is 0 Å². The van der Waals surface area contributed by atoms with Crippen LogP contribution < -0.4 is 0 Å². The SMILES string of the molecule is CC#CC(C)C(O)C(C)COCc1ccccc1. The average Bonchev–Trinajstić information content (AvgIpc) is 2.39. The van der Waals surface area contributed by atoms with Crippen LogP contribution >= 0.6 is 0 Å². The first-order valence-electron chi connectivity index (χ1n) is 6.37. The number of aliphatic hydroxyl groups is 1. The van der Waals surface area contributed by atoms with Crippen LogP contribution in [0.3, 0.4) is 0 Å². The van der Waals surface area contributed by atoms with E-state index in [0.29, 0.717) is 13.2 Å². The van der Waals surface area contributed by atoms with Crippen molar-refractivity contribution >= 4 is 0 Å². The molecule has 1 N–H and O–H groups in total. The smallest absolute Gasteiger partial charge is 0.0722 e. The summed E-state index contributed by atoms with van der Waals surface area (Å²) >= 11 is 0. The van der Waals surface area contributed by atoms with Crippen LogP contribution in [0.25, 0.3) is 0 Å². The summed E-state index contributed by atoms with van der Waals surface area (Å²) in [6.45, 7) is 6.86. The quantitative estimate of drug-likeness (QED) is 0.782. The first-order valence-corrected chi connectivity index (χ1v) is 6.37. The van der Waals surface area contributed by atoms with E-state index in [2.05, 4.69) is 11.8 Å². The molecule has 3 unspecified atom stereocenters. The molecule has 2 nitrogen and oxygen atoms in total. The van der Waals surface area contributed by atoms with Gasteiger partial charge in [-0.1, -0.05) is 43.2 Å². The molecule has 0 heterocycles. The minimum Gasteiger partial charge on any atom is -0.391 e. The molecule has 0 aromatic heterocycles. The van der Waals surface area contributed by atoms with E-state index in [1.54, 1.807) is 6.92 Å². The Morgan fingerprint density at radius 1 is 1.22 bits per heavy atom. The van der Waals surface area contributed by atoms with Gasteiger partial charge in [-0.15, -0.1) is 5.92 Å². The first-order chi connectivity index (χ1) is 8.65. The Balaban J connectivity index is 2.32. The van der Waals surface area contributed by atoms with Gasteiger partial charge in [-0.05, 0) is 19.4 Å². The van der Waals surface area contributed by atoms with Gasteiger partial charge < -0.3 is 9.84 Å². The lowest BCUT2D eigenvalue weighted by Gasteiger charge is -2.21. The van der Waals surface area contributed by atoms with Crippen molar-refractivity contribution in [3.8, 4) is 11.8 Å². The van der Waals surface area contributed by atoms with Crippen molar-refractivity contribution < 1.29 is 9.84 Å². The summed E-state index contributed by atoms with van der Waals surface area (Å²) in [6.07, 6.45) is -0.437. The van der Waals surface area contributed by atoms with Gasteiger partial charge in [-0.2, -0.15) is 0 Å². The van der Waals surface area contributed by atoms with E-state index in [-0.39, 0.29) is 11.8 Å². The molecule has 0 aliphatic heterocycles. The Labute approximate surface area is 110 Å². The number of hydrogen-bond donors (Lipinski definition) is 1. The minimum atomic E-state index is -0.437. The van der Waals surface area contributed by atoms with E-state index in [9.17, 15) is 5.11 Å². The lowest BCUT2D eigenvalue weighted by molar-refractivity contribution is 0.0150. The van der Waals surface area contributed by atoms with Crippen LogP contribution in [0.5, 0.6) is 0 Å². The molecular formula is C16H22O2. The molecule has 0 aliphatic rings. The highest BCUT2D eigenvalue weighted by Gasteiger charge is 2.19. The van der Waals surface area contributed by atoms with Crippen molar-refractivity contribution in [1.29, 1.82) is 0 Å². The predicted octanol–water partition coefficient (Wildman–Crippen LogP) is 2.86. The molecule has 0 saturated heterocycles. The van der Waals surface area contributed by atoms with Crippen LogP contribution in [0.2, 0.25) is 0 Å². The fraction of sp³-hybridized carbons (Fsp3) is 0.500. The monoisotopic (exact) mass is 246 g/mol. The van der Waals surface area contributed by atoms with Gasteiger partial charge in [0.2, 0.25) is 0 Å². The standard InChI is InChI=1S/C16H22O2/c1-4-8-13(2)16(17)14(3)11-18-12-15-9-6-5-7-10-15/h5-7,9-10,13-14,16-17H,11-12H2,1-3H3. The lowest BCUT2D eigenvalue weighted by atomic mass is 9.94. The molecule has 0 aliphatic carbocycles. The fourth-order valence-corrected chi connectivity index (χ4v) is 1.84. The molecule has 1 aromatic rings. The van der Waals surface area contributed by atoms with Crippen molar-refractivity contribution in [2.24, 2.45) is 11.8 Å². The number of ether oxygens (including phenoxy) is 1. The Morgan fingerprint density at radius 3 is 2.50 bits per heavy atom. The fourth-order valence-electron chi connectivity index (χ4n) is 1.84. The van der Waals surface area contributed by atoms with Crippen molar-refractivity contribution in [2.45, 2.75) is 33.5 Å². The highest BCUT2D eigenvalue weighted by atomic mass is 16.5. The molecule has 2 heteroatoms. The zero-order chi connectivity index (χ0) is 13.4. The van der Waals surface area contributed by atoms with Gasteiger partial charge in [-0.3, -0.25) is 0 Å². The van der Waals surface area contributed by atoms with Crippen LogP contribution in [0.15, 0.2) is 30.3 Å². The Kier molecular flexibility index (Phi) is 6.49. The summed E-state index contributed by atoms with van der Waals surface area (Å²) in [5.41, 5.74) is 1.15. The number of benzene rings is 1. The second-order valence-electron chi connectivity index (χ2n) is 4.65. The van der Waals surface area contributed by atoms with E-state index in [1.807, 2.05) is 44.2 Å². The number of rotatable bonds is 6. The third-order valence-corrected chi connectivity index (χ3v) is 2.96. The number of aliphatic hydroxyl groups excluding tert-OH is 1. The van der Waals surface area contributed by atoms with Crippen LogP contribution in [-0.4, -0.2) is 17.8 Å². The Hall–Kier alpha value is -1.30. The van der Waals surface area contributed by atoms with Gasteiger partial charge in [0.25, 0.3) is 0 Å². The molecule has 3 atom stereocenters. The van der Waals surface area contributed by atoms with Crippen molar-refractivity contribution in [3.05, 3.63) is 35.9 Å². The van der Waals surface area contributed by atoms with Crippen molar-refractivity contribution in [3.63, 3.8) is 0 Å². The molecule has 0 amide bonds. The largest absolute Gasteiger partial charge is 0.391 e. The van der Waals surface area contributed by atoms with E-state index in [0.717, 1.165) is 5.56 Å². The third kappa shape index (κ3) is 4.91. The normalized spacial score (nSPS) is 15.3. The summed E-state index contributed by atoms with van der Waals surface area (Å²) in [6, 6.07) is 10.0. The highest BCUT2D eigenvalue weighted by molar-refractivity contribution is 5.13. The van der Waals surface area contributed by atoms with Gasteiger partial charge in [0.05, 0.1) is 19.3 Å². The second kappa shape index (κ2) is 7.92. The molecule has 0 spiro atoms. The van der Waals surface area contributed by atoms with E-state index in [4.69, 9.17) is 4.74 Å². The van der Waals surface area contributed by atoms with E-state index in [1.165, 1.54) is 0 Å². The molecule has 0 radical (unpaired) electrons. The molecule has 0 bridgehead atoms. The van der Waals surface area contributed by atoms with Crippen LogP contribution in [0.1, 0.15) is 26.3 Å². The van der Waals surface area contributed by atoms with Gasteiger partial charge in [0, 0.05) is 11.8 Å². The molecular weight excluding hydrogens is 224 g/mol. The minimum absolute atomic E-state index is 0.00896. The lowest BCUT2D eigenvalue weighted by Crippen LogP contribution is -2.28. The van der Waals surface area contributed by atoms with E-state index < -0.39 is 6.10 Å². The number of hydrogen-bond acceptors (Lipinski definition) is 2. The van der Waals surface area contributed by atoms with Crippen LogP contribution in [-0.2, 0) is 11.3 Å². The molecule has 98 valence electrons. The first kappa shape index (κ1) is 14.8. The summed E-state index contributed by atoms with van der Waals surface area (Å²) in [5, 5.41) is 10.0. The zero-order valence-electron chi connectivity index (χ0n) is 11.4. The Bertz CT molecular complexity index is 389. The Morgan fingerprint density at radius 2 is 1.89 bits per heavy atom. The average molecular weight is 246 g/mol. The van der Waals surface area contributed by atoms with E-state index >= 15 is 0 Å². The second-order valence-corrected chi connectivity index (χ2v) is 4.65. The molecule has 1 aromatic carbocycles. The summed E-state index contributed by atoms with van der Waals surface area (Å²) < 4.78 is 5.62. The molecule has 1 rings (SSSR count). The molecule has 0 saturated carbocycles. The maximum atomic E-state index is 10.0. The molecule has 0 fully saturated rings. The predicted molar refractivity (Wildman–Crippen MR) is 73.9 cm³/mol. The van der Waals surface area contributed by atoms with Gasteiger partial charge in [0.1, 0.15) is 0 Å². The summed E-state index contributed by atoms with van der Waals surface area (Å²) in [4.78, 5) is 0. The van der Waals surface area contributed by atoms with Crippen LogP contribution in [0.4, 0.5) is 0 Å². The van der Waals surface area contributed by atoms with Crippen molar-refractivity contribution in [1.82, 2.24) is 0 Å². The van der Waals surface area contributed by atoms with Gasteiger partial charge in [0.15, 0.2) is 0 Å². The zero-order valence-corrected chi connectivity index (χ0v) is 11.4. The van der Waals surface area contributed by atoms with Crippen molar-refractivity contribution in [2.75, 3.05) is 6.61 Å². The maximum Gasteiger partial charge on any atom is 0.0722 e.